The third-order valence-electron chi connectivity index (χ3n) is 1.06. The second-order valence-corrected chi connectivity index (χ2v) is 6.68. The van der Waals surface area contributed by atoms with Crippen LogP contribution in [0.2, 0.25) is 0 Å². The molecular weight excluding hydrogens is 247 g/mol. The van der Waals surface area contributed by atoms with Gasteiger partial charge in [0.2, 0.25) is 8.68 Å². The number of hydrogen-bond donors (Lipinski definition) is 0. The van der Waals surface area contributed by atoms with E-state index in [9.17, 15) is 16.8 Å². The molecule has 13 heavy (non-hydrogen) atoms. The average molecular weight is 255 g/mol. The topological polar surface area (TPSA) is 37.1 Å². The van der Waals surface area contributed by atoms with E-state index in [0.29, 0.717) is 0 Å². The van der Waals surface area contributed by atoms with Crippen LogP contribution < -0.4 is 0 Å². The molecule has 0 fully saturated rings. The summed E-state index contributed by atoms with van der Waals surface area (Å²) in [6, 6.07) is 0. The normalized spacial score (nSPS) is 17.1. The molecule has 0 heterocycles. The van der Waals surface area contributed by atoms with Crippen molar-refractivity contribution in [2.45, 2.75) is 6.92 Å². The Morgan fingerprint density at radius 2 is 1.85 bits per heavy atom. The Bertz CT molecular complexity index is 294. The quantitative estimate of drug-likeness (QED) is 0.469. The third kappa shape index (κ3) is 4.90. The summed E-state index contributed by atoms with van der Waals surface area (Å²) in [5, 5.41) is 0. The van der Waals surface area contributed by atoms with Crippen LogP contribution in [0.5, 0.6) is 0 Å². The highest BCUT2D eigenvalue weighted by Crippen LogP contribution is 2.68. The predicted molar refractivity (Wildman–Crippen MR) is 48.9 cm³/mol. The highest BCUT2D eigenvalue weighted by Gasteiger charge is 2.23. The Balaban J connectivity index is 5.20. The minimum absolute atomic E-state index is 0.324. The Morgan fingerprint density at radius 3 is 2.15 bits per heavy atom. The molecular formula is C3H8F4N3P3. The molecule has 0 N–H and O–H groups in total. The standard InChI is InChI=1S/C3H8F4N3P3/c1-3-12(5,9-11-4)10-13(6,7)8-2/h3H2,1-2H3. The summed E-state index contributed by atoms with van der Waals surface area (Å²) in [6.45, 7) is 1.29. The van der Waals surface area contributed by atoms with Gasteiger partial charge in [-0.25, -0.2) is 4.74 Å². The van der Waals surface area contributed by atoms with E-state index in [1.54, 1.807) is 0 Å². The van der Waals surface area contributed by atoms with E-state index >= 15 is 0 Å². The Hall–Kier alpha value is 0.280. The molecule has 0 aliphatic rings. The minimum atomic E-state index is -4.93. The molecule has 0 rings (SSSR count). The van der Waals surface area contributed by atoms with E-state index in [1.807, 2.05) is 0 Å². The van der Waals surface area contributed by atoms with Crippen LogP contribution in [-0.4, -0.2) is 13.2 Å². The molecule has 10 heteroatoms. The van der Waals surface area contributed by atoms with Gasteiger partial charge in [-0.3, -0.25) is 0 Å². The van der Waals surface area contributed by atoms with Crippen LogP contribution in [0.15, 0.2) is 13.8 Å². The van der Waals surface area contributed by atoms with Gasteiger partial charge < -0.3 is 0 Å². The van der Waals surface area contributed by atoms with E-state index < -0.39 is 24.0 Å². The van der Waals surface area contributed by atoms with Crippen LogP contribution in [0, 0.1) is 0 Å². The fourth-order valence-electron chi connectivity index (χ4n) is 0.401. The Morgan fingerprint density at radius 1 is 1.31 bits per heavy atom. The number of hydrogen-bond acceptors (Lipinski definition) is 1. The van der Waals surface area contributed by atoms with E-state index in [2.05, 4.69) is 13.8 Å². The van der Waals surface area contributed by atoms with E-state index in [4.69, 9.17) is 0 Å². The minimum Gasteiger partial charge on any atom is -0.230 e. The van der Waals surface area contributed by atoms with Crippen LogP contribution in [0.1, 0.15) is 6.92 Å². The third-order valence-corrected chi connectivity index (χ3v) is 5.67. The van der Waals surface area contributed by atoms with Gasteiger partial charge in [0, 0.05) is 13.2 Å². The first-order valence-corrected chi connectivity index (χ1v) is 7.13. The maximum Gasteiger partial charge on any atom is 0.414 e. The van der Waals surface area contributed by atoms with E-state index in [-0.39, 0.29) is 6.16 Å². The lowest BCUT2D eigenvalue weighted by Crippen LogP contribution is -1.71. The van der Waals surface area contributed by atoms with Gasteiger partial charge in [0.15, 0.2) is 0 Å². The molecule has 0 bridgehead atoms. The van der Waals surface area contributed by atoms with Crippen molar-refractivity contribution in [1.82, 2.24) is 0 Å². The molecule has 0 aromatic rings. The van der Waals surface area contributed by atoms with Crippen LogP contribution >= 0.6 is 24.0 Å². The fraction of sp³-hybridized carbons (Fsp3) is 1.00. The molecule has 1 unspecified atom stereocenters. The number of rotatable bonds is 3. The van der Waals surface area contributed by atoms with E-state index in [1.165, 1.54) is 6.92 Å². The van der Waals surface area contributed by atoms with Gasteiger partial charge in [0.25, 0.3) is 7.52 Å². The van der Waals surface area contributed by atoms with Crippen molar-refractivity contribution in [2.75, 3.05) is 13.2 Å². The summed E-state index contributed by atoms with van der Waals surface area (Å²) < 4.78 is 58.0. The molecule has 0 saturated heterocycles. The Labute approximate surface area is 75.5 Å². The van der Waals surface area contributed by atoms with Gasteiger partial charge in [0.05, 0.1) is 0 Å². The molecule has 78 valence electrons. The van der Waals surface area contributed by atoms with Crippen molar-refractivity contribution >= 4 is 24.0 Å². The lowest BCUT2D eigenvalue weighted by Gasteiger charge is -2.06. The van der Waals surface area contributed by atoms with Gasteiger partial charge >= 0.3 is 7.83 Å². The fourth-order valence-corrected chi connectivity index (χ4v) is 3.93. The first-order chi connectivity index (χ1) is 5.89. The van der Waals surface area contributed by atoms with Gasteiger partial charge in [-0.15, -0.1) is 8.39 Å². The van der Waals surface area contributed by atoms with Gasteiger partial charge in [0.1, 0.15) is 0 Å². The summed E-state index contributed by atoms with van der Waals surface area (Å²) in [5.74, 6) is 0. The summed E-state index contributed by atoms with van der Waals surface area (Å²) in [4.78, 5) is 0. The zero-order valence-electron chi connectivity index (χ0n) is 6.90. The largest absolute Gasteiger partial charge is 0.414 e. The lowest BCUT2D eigenvalue weighted by molar-refractivity contribution is 0.720. The maximum absolute atomic E-state index is 13.2. The molecule has 1 atom stereocenters. The summed E-state index contributed by atoms with van der Waals surface area (Å²) in [7, 11) is -9.21. The van der Waals surface area contributed by atoms with Crippen LogP contribution in [-0.2, 0) is 0 Å². The highest BCUT2D eigenvalue weighted by molar-refractivity contribution is 7.70. The molecule has 0 radical (unpaired) electrons. The maximum atomic E-state index is 13.2. The summed E-state index contributed by atoms with van der Waals surface area (Å²) in [5.41, 5.74) is 0. The van der Waals surface area contributed by atoms with Gasteiger partial charge in [-0.05, 0) is 0 Å². The SMILES string of the molecule is CCP(F)(N=PF)=NP(F)(F)=NC. The number of halogens is 4. The monoisotopic (exact) mass is 255 g/mol. The van der Waals surface area contributed by atoms with Gasteiger partial charge in [-0.1, -0.05) is 6.92 Å². The van der Waals surface area contributed by atoms with Crippen LogP contribution in [0.4, 0.5) is 16.8 Å². The molecule has 0 spiro atoms. The van der Waals surface area contributed by atoms with E-state index in [0.717, 1.165) is 7.05 Å². The van der Waals surface area contributed by atoms with Crippen molar-refractivity contribution in [3.8, 4) is 0 Å². The van der Waals surface area contributed by atoms with Crippen molar-refractivity contribution in [2.24, 2.45) is 13.8 Å². The van der Waals surface area contributed by atoms with Crippen molar-refractivity contribution in [3.05, 3.63) is 0 Å². The molecule has 0 aromatic carbocycles. The average Bonchev–Trinajstić information content (AvgIpc) is 2.04. The van der Waals surface area contributed by atoms with Crippen molar-refractivity contribution in [1.29, 1.82) is 0 Å². The van der Waals surface area contributed by atoms with Crippen molar-refractivity contribution in [3.63, 3.8) is 0 Å². The highest BCUT2D eigenvalue weighted by atomic mass is 31.3. The lowest BCUT2D eigenvalue weighted by atomic mass is 11.0. The molecule has 3 nitrogen and oxygen atoms in total. The molecule has 0 aromatic heterocycles. The molecule has 0 amide bonds. The second-order valence-electron chi connectivity index (χ2n) is 1.87. The zero-order valence-corrected chi connectivity index (χ0v) is 9.59. The second kappa shape index (κ2) is 5.23. The summed E-state index contributed by atoms with van der Waals surface area (Å²) >= 11 is 0. The first kappa shape index (κ1) is 13.3. The smallest absolute Gasteiger partial charge is 0.230 e. The molecule has 0 aliphatic carbocycles. The predicted octanol–water partition coefficient (Wildman–Crippen LogP) is 5.54. The Kier molecular flexibility index (Phi) is 5.35. The van der Waals surface area contributed by atoms with Gasteiger partial charge in [-0.2, -0.15) is 17.4 Å². The van der Waals surface area contributed by atoms with Crippen LogP contribution in [0.3, 0.4) is 0 Å². The molecule has 0 saturated carbocycles. The molecule has 0 aliphatic heterocycles. The number of nitrogens with zero attached hydrogens (tertiary/aromatic N) is 3. The first-order valence-electron chi connectivity index (χ1n) is 3.15. The summed E-state index contributed by atoms with van der Waals surface area (Å²) in [6.07, 6.45) is -0.324. The van der Waals surface area contributed by atoms with Crippen molar-refractivity contribution < 1.29 is 16.8 Å². The van der Waals surface area contributed by atoms with Crippen LogP contribution in [0.25, 0.3) is 0 Å². The zero-order chi connectivity index (χ0) is 10.5.